The topological polar surface area (TPSA) is 41.8 Å². The van der Waals surface area contributed by atoms with Gasteiger partial charge in [-0.15, -0.1) is 0 Å². The van der Waals surface area contributed by atoms with Crippen LogP contribution in [0.2, 0.25) is 0 Å². The molecule has 1 aliphatic heterocycles. The van der Waals surface area contributed by atoms with Gasteiger partial charge in [0, 0.05) is 13.5 Å². The zero-order chi connectivity index (χ0) is 5.98. The number of nitrogens with zero attached hydrogens (tertiary/aromatic N) is 1. The van der Waals surface area contributed by atoms with Gasteiger partial charge in [0.25, 0.3) is 0 Å². The molecule has 46 valence electrons. The Morgan fingerprint density at radius 1 is 1.88 bits per heavy atom. The van der Waals surface area contributed by atoms with E-state index < -0.39 is 6.29 Å². The molecule has 1 heterocycles. The van der Waals surface area contributed by atoms with Crippen molar-refractivity contribution < 1.29 is 9.84 Å². The van der Waals surface area contributed by atoms with Crippen LogP contribution in [-0.4, -0.2) is 30.8 Å². The van der Waals surface area contributed by atoms with Crippen molar-refractivity contribution >= 4 is 5.71 Å². The molecule has 8 heavy (non-hydrogen) atoms. The first-order valence-electron chi connectivity index (χ1n) is 2.60. The first kappa shape index (κ1) is 5.72. The van der Waals surface area contributed by atoms with Gasteiger partial charge in [0.2, 0.25) is 0 Å². The number of aliphatic hydroxyl groups is 1. The molecule has 1 aliphatic rings. The van der Waals surface area contributed by atoms with Crippen LogP contribution < -0.4 is 0 Å². The van der Waals surface area contributed by atoms with Gasteiger partial charge >= 0.3 is 0 Å². The molecule has 0 amide bonds. The van der Waals surface area contributed by atoms with Gasteiger partial charge in [0.15, 0.2) is 6.29 Å². The molecule has 1 unspecified atom stereocenters. The Bertz CT molecular complexity index is 111. The predicted octanol–water partition coefficient (Wildman–Crippen LogP) is -0.204. The molecular weight excluding hydrogens is 106 g/mol. The Morgan fingerprint density at radius 2 is 2.62 bits per heavy atom. The molecule has 3 nitrogen and oxygen atoms in total. The Balaban J connectivity index is 2.55. The highest BCUT2D eigenvalue weighted by atomic mass is 16.6. The van der Waals surface area contributed by atoms with Crippen LogP contribution in [0.3, 0.4) is 0 Å². The summed E-state index contributed by atoms with van der Waals surface area (Å²) in [7, 11) is 1.66. The maximum absolute atomic E-state index is 8.84. The summed E-state index contributed by atoms with van der Waals surface area (Å²) in [5.41, 5.74) is 0.755. The second kappa shape index (κ2) is 2.24. The number of hydrogen-bond acceptors (Lipinski definition) is 3. The van der Waals surface area contributed by atoms with Crippen LogP contribution in [0, 0.1) is 0 Å². The summed E-state index contributed by atoms with van der Waals surface area (Å²) in [5.74, 6) is 0. The van der Waals surface area contributed by atoms with E-state index in [1.54, 1.807) is 7.05 Å². The van der Waals surface area contributed by atoms with Gasteiger partial charge in [-0.3, -0.25) is 4.99 Å². The van der Waals surface area contributed by atoms with E-state index in [0.717, 1.165) is 12.1 Å². The normalized spacial score (nSPS) is 34.2. The largest absolute Gasteiger partial charge is 0.363 e. The zero-order valence-corrected chi connectivity index (χ0v) is 4.79. The highest BCUT2D eigenvalue weighted by molar-refractivity contribution is 5.88. The first-order chi connectivity index (χ1) is 3.84. The van der Waals surface area contributed by atoms with Gasteiger partial charge < -0.3 is 9.84 Å². The zero-order valence-electron chi connectivity index (χ0n) is 4.79. The van der Waals surface area contributed by atoms with Crippen molar-refractivity contribution in [3.05, 3.63) is 0 Å². The minimum absolute atomic E-state index is 0.605. The lowest BCUT2D eigenvalue weighted by Gasteiger charge is -1.97. The van der Waals surface area contributed by atoms with Gasteiger partial charge in [-0.1, -0.05) is 0 Å². The molecule has 0 radical (unpaired) electrons. The first-order valence-corrected chi connectivity index (χ1v) is 2.60. The minimum Gasteiger partial charge on any atom is -0.363 e. The number of rotatable bonds is 0. The van der Waals surface area contributed by atoms with Crippen LogP contribution in [0.15, 0.2) is 4.99 Å². The average molecular weight is 115 g/mol. The van der Waals surface area contributed by atoms with Crippen LogP contribution in [0.4, 0.5) is 0 Å². The van der Waals surface area contributed by atoms with Gasteiger partial charge in [0.1, 0.15) is 0 Å². The molecule has 0 aromatic carbocycles. The molecule has 0 spiro atoms. The van der Waals surface area contributed by atoms with Crippen LogP contribution in [0.5, 0.6) is 0 Å². The molecular formula is C5H9NO2. The summed E-state index contributed by atoms with van der Waals surface area (Å²) < 4.78 is 4.78. The molecule has 1 rings (SSSR count). The third-order valence-corrected chi connectivity index (χ3v) is 1.21. The summed E-state index contributed by atoms with van der Waals surface area (Å²) >= 11 is 0. The lowest BCUT2D eigenvalue weighted by atomic mass is 10.3. The lowest BCUT2D eigenvalue weighted by molar-refractivity contribution is -0.0252. The van der Waals surface area contributed by atoms with E-state index >= 15 is 0 Å². The number of ether oxygens (including phenoxy) is 1. The van der Waals surface area contributed by atoms with Gasteiger partial charge in [0.05, 0.1) is 12.3 Å². The SMILES string of the molecule is CN=C1CCOC1O. The van der Waals surface area contributed by atoms with E-state index in [4.69, 9.17) is 9.84 Å². The monoisotopic (exact) mass is 115 g/mol. The Morgan fingerprint density at radius 3 is 2.88 bits per heavy atom. The molecule has 1 saturated heterocycles. The molecule has 3 heteroatoms. The summed E-state index contributed by atoms with van der Waals surface area (Å²) in [5, 5.41) is 8.84. The predicted molar refractivity (Wildman–Crippen MR) is 29.9 cm³/mol. The highest BCUT2D eigenvalue weighted by Crippen LogP contribution is 2.05. The van der Waals surface area contributed by atoms with E-state index in [1.807, 2.05) is 0 Å². The van der Waals surface area contributed by atoms with Crippen molar-refractivity contribution in [2.45, 2.75) is 12.7 Å². The quantitative estimate of drug-likeness (QED) is 0.475. The summed E-state index contributed by atoms with van der Waals surface area (Å²) in [6, 6.07) is 0. The third-order valence-electron chi connectivity index (χ3n) is 1.21. The van der Waals surface area contributed by atoms with Crippen LogP contribution >= 0.6 is 0 Å². The summed E-state index contributed by atoms with van der Waals surface area (Å²) in [6.07, 6.45) is 0.0532. The Labute approximate surface area is 48.0 Å². The number of aliphatic hydroxyl groups excluding tert-OH is 1. The smallest absolute Gasteiger partial charge is 0.194 e. The average Bonchev–Trinajstić information content (AvgIpc) is 2.14. The number of hydrogen-bond donors (Lipinski definition) is 1. The van der Waals surface area contributed by atoms with Crippen LogP contribution in [0.25, 0.3) is 0 Å². The van der Waals surface area contributed by atoms with Crippen LogP contribution in [-0.2, 0) is 4.74 Å². The third kappa shape index (κ3) is 0.877. The van der Waals surface area contributed by atoms with Gasteiger partial charge in [-0.25, -0.2) is 0 Å². The standard InChI is InChI=1S/C5H9NO2/c1-6-4-2-3-8-5(4)7/h5,7H,2-3H2,1H3. The maximum atomic E-state index is 8.84. The van der Waals surface area contributed by atoms with Gasteiger partial charge in [-0.2, -0.15) is 0 Å². The molecule has 0 aromatic heterocycles. The van der Waals surface area contributed by atoms with Crippen molar-refractivity contribution in [1.82, 2.24) is 0 Å². The van der Waals surface area contributed by atoms with Crippen molar-refractivity contribution in [3.8, 4) is 0 Å². The van der Waals surface area contributed by atoms with Crippen molar-refractivity contribution in [1.29, 1.82) is 0 Å². The van der Waals surface area contributed by atoms with E-state index in [9.17, 15) is 0 Å². The minimum atomic E-state index is -0.722. The lowest BCUT2D eigenvalue weighted by Crippen LogP contribution is -2.13. The van der Waals surface area contributed by atoms with E-state index in [2.05, 4.69) is 4.99 Å². The fourth-order valence-electron chi connectivity index (χ4n) is 0.717. The Hall–Kier alpha value is -0.410. The summed E-state index contributed by atoms with van der Waals surface area (Å²) in [4.78, 5) is 3.81. The van der Waals surface area contributed by atoms with E-state index in [1.165, 1.54) is 0 Å². The van der Waals surface area contributed by atoms with E-state index in [-0.39, 0.29) is 0 Å². The summed E-state index contributed by atoms with van der Waals surface area (Å²) in [6.45, 7) is 0.605. The fourth-order valence-corrected chi connectivity index (χ4v) is 0.717. The molecule has 0 bridgehead atoms. The molecule has 1 fully saturated rings. The molecule has 1 atom stereocenters. The van der Waals surface area contributed by atoms with Crippen molar-refractivity contribution in [2.24, 2.45) is 4.99 Å². The second-order valence-electron chi connectivity index (χ2n) is 1.69. The molecule has 0 aromatic rings. The number of aliphatic imine (C=N–C) groups is 1. The fraction of sp³-hybridized carbons (Fsp3) is 0.800. The molecule has 1 N–H and O–H groups in total. The molecule has 0 aliphatic carbocycles. The van der Waals surface area contributed by atoms with Crippen molar-refractivity contribution in [2.75, 3.05) is 13.7 Å². The highest BCUT2D eigenvalue weighted by Gasteiger charge is 2.18. The van der Waals surface area contributed by atoms with Crippen LogP contribution in [0.1, 0.15) is 6.42 Å². The Kier molecular flexibility index (Phi) is 1.60. The van der Waals surface area contributed by atoms with E-state index in [0.29, 0.717) is 6.61 Å². The van der Waals surface area contributed by atoms with Crippen molar-refractivity contribution in [3.63, 3.8) is 0 Å². The van der Waals surface area contributed by atoms with Gasteiger partial charge in [-0.05, 0) is 0 Å². The molecule has 0 saturated carbocycles. The second-order valence-corrected chi connectivity index (χ2v) is 1.69. The maximum Gasteiger partial charge on any atom is 0.194 e.